The van der Waals surface area contributed by atoms with Gasteiger partial charge in [-0.2, -0.15) is 0 Å². The minimum absolute atomic E-state index is 0.140. The molecule has 3 aromatic rings. The van der Waals surface area contributed by atoms with E-state index in [1.807, 2.05) is 0 Å². The van der Waals surface area contributed by atoms with Gasteiger partial charge in [0.1, 0.15) is 11.4 Å². The van der Waals surface area contributed by atoms with Gasteiger partial charge in [-0.05, 0) is 108 Å². The number of carbonyl (C=O) groups excluding carboxylic acids is 1. The third-order valence-electron chi connectivity index (χ3n) is 10.1. The summed E-state index contributed by atoms with van der Waals surface area (Å²) in [6, 6.07) is 21.6. The van der Waals surface area contributed by atoms with Crippen LogP contribution in [-0.2, 0) is 10.2 Å². The number of aryl methyl sites for hydroxylation is 1. The summed E-state index contributed by atoms with van der Waals surface area (Å²) in [4.78, 5) is 20.1. The Morgan fingerprint density at radius 3 is 2.28 bits per heavy atom. The molecular formula is C33H44N4O2. The fourth-order valence-corrected chi connectivity index (χ4v) is 7.94. The molecule has 1 aromatic heterocycles. The molecule has 1 amide bonds. The summed E-state index contributed by atoms with van der Waals surface area (Å²) in [5.74, 6) is 0.880. The average Bonchev–Trinajstić information content (AvgIpc) is 3.39. The van der Waals surface area contributed by atoms with Crippen molar-refractivity contribution in [2.75, 3.05) is 6.54 Å². The van der Waals surface area contributed by atoms with Gasteiger partial charge in [-0.25, -0.2) is 4.98 Å². The summed E-state index contributed by atoms with van der Waals surface area (Å²) in [6.07, 6.45) is 10.2. The van der Waals surface area contributed by atoms with Crippen LogP contribution < -0.4 is 5.32 Å². The number of benzene rings is 2. The van der Waals surface area contributed by atoms with E-state index in [9.17, 15) is 9.90 Å². The molecule has 2 aliphatic heterocycles. The minimum Gasteiger partial charge on any atom is -0.381 e. The summed E-state index contributed by atoms with van der Waals surface area (Å²) in [5.41, 5.74) is 2.65. The van der Waals surface area contributed by atoms with Gasteiger partial charge < -0.3 is 15.0 Å². The van der Waals surface area contributed by atoms with Crippen LogP contribution in [0.2, 0.25) is 0 Å². The molecule has 0 radical (unpaired) electrons. The zero-order valence-corrected chi connectivity index (χ0v) is 23.8. The molecule has 2 aromatic carbocycles. The second-order valence-electron chi connectivity index (χ2n) is 13.0. The highest BCUT2D eigenvalue weighted by Crippen LogP contribution is 2.46. The van der Waals surface area contributed by atoms with Crippen molar-refractivity contribution in [2.45, 2.75) is 114 Å². The predicted molar refractivity (Wildman–Crippen MR) is 156 cm³/mol. The lowest BCUT2D eigenvalue weighted by molar-refractivity contribution is -0.137. The Labute approximate surface area is 232 Å². The van der Waals surface area contributed by atoms with Crippen LogP contribution in [0.3, 0.4) is 0 Å². The molecule has 2 saturated heterocycles. The summed E-state index contributed by atoms with van der Waals surface area (Å²) in [6.45, 7) is 6.43. The SMILES string of the molecule is Cc1nc2ccccc2n1C1CC2CCC(C1)N2CCC1(c2ccccc2)CCC(NC(=O)C(C)(C)O)CC1. The second-order valence-corrected chi connectivity index (χ2v) is 13.0. The normalized spacial score (nSPS) is 29.5. The Morgan fingerprint density at radius 1 is 0.974 bits per heavy atom. The lowest BCUT2D eigenvalue weighted by Gasteiger charge is -2.45. The van der Waals surface area contributed by atoms with Crippen molar-refractivity contribution in [3.05, 3.63) is 66.0 Å². The quantitative estimate of drug-likeness (QED) is 0.415. The van der Waals surface area contributed by atoms with Crippen molar-refractivity contribution in [1.82, 2.24) is 19.8 Å². The van der Waals surface area contributed by atoms with E-state index in [1.54, 1.807) is 13.8 Å². The molecule has 2 atom stereocenters. The van der Waals surface area contributed by atoms with E-state index in [4.69, 9.17) is 4.98 Å². The zero-order chi connectivity index (χ0) is 27.2. The maximum absolute atomic E-state index is 12.4. The molecule has 6 nitrogen and oxygen atoms in total. The number of hydrogen-bond donors (Lipinski definition) is 2. The molecular weight excluding hydrogens is 484 g/mol. The van der Waals surface area contributed by atoms with Crippen LogP contribution in [-0.4, -0.2) is 55.7 Å². The largest absolute Gasteiger partial charge is 0.381 e. The molecule has 1 saturated carbocycles. The Bertz CT molecular complexity index is 1290. The maximum atomic E-state index is 12.4. The van der Waals surface area contributed by atoms with Crippen LogP contribution in [0.5, 0.6) is 0 Å². The number of aromatic nitrogens is 2. The Hall–Kier alpha value is -2.70. The maximum Gasteiger partial charge on any atom is 0.251 e. The summed E-state index contributed by atoms with van der Waals surface area (Å²) in [7, 11) is 0. The van der Waals surface area contributed by atoms with Crippen molar-refractivity contribution in [3.63, 3.8) is 0 Å². The molecule has 6 rings (SSSR count). The molecule has 208 valence electrons. The van der Waals surface area contributed by atoms with Crippen molar-refractivity contribution in [3.8, 4) is 0 Å². The summed E-state index contributed by atoms with van der Waals surface area (Å²) in [5, 5.41) is 13.2. The Balaban J connectivity index is 1.15. The summed E-state index contributed by atoms with van der Waals surface area (Å²) >= 11 is 0. The van der Waals surface area contributed by atoms with Crippen molar-refractivity contribution < 1.29 is 9.90 Å². The van der Waals surface area contributed by atoms with E-state index >= 15 is 0 Å². The monoisotopic (exact) mass is 528 g/mol. The van der Waals surface area contributed by atoms with Crippen molar-refractivity contribution in [1.29, 1.82) is 0 Å². The number of imidazole rings is 1. The van der Waals surface area contributed by atoms with Gasteiger partial charge in [-0.1, -0.05) is 42.5 Å². The van der Waals surface area contributed by atoms with E-state index in [2.05, 4.69) is 76.3 Å². The highest BCUT2D eigenvalue weighted by molar-refractivity contribution is 5.84. The van der Waals surface area contributed by atoms with Gasteiger partial charge >= 0.3 is 0 Å². The van der Waals surface area contributed by atoms with E-state index in [-0.39, 0.29) is 17.4 Å². The minimum atomic E-state index is -1.33. The Morgan fingerprint density at radius 2 is 1.62 bits per heavy atom. The van der Waals surface area contributed by atoms with Crippen LogP contribution in [0, 0.1) is 6.92 Å². The van der Waals surface area contributed by atoms with E-state index < -0.39 is 5.60 Å². The van der Waals surface area contributed by atoms with Gasteiger partial charge in [0.05, 0.1) is 11.0 Å². The molecule has 39 heavy (non-hydrogen) atoms. The number of nitrogens with zero attached hydrogens (tertiary/aromatic N) is 3. The van der Waals surface area contributed by atoms with Crippen LogP contribution in [0.1, 0.15) is 89.1 Å². The molecule has 6 heteroatoms. The number of aliphatic hydroxyl groups is 1. The fraction of sp³-hybridized carbons (Fsp3) is 0.576. The fourth-order valence-electron chi connectivity index (χ4n) is 7.94. The first-order valence-electron chi connectivity index (χ1n) is 15.0. The first-order chi connectivity index (χ1) is 18.7. The van der Waals surface area contributed by atoms with Crippen LogP contribution in [0.15, 0.2) is 54.6 Å². The number of hydrogen-bond acceptors (Lipinski definition) is 4. The molecule has 2 unspecified atom stereocenters. The van der Waals surface area contributed by atoms with Gasteiger partial charge in [0, 0.05) is 24.2 Å². The number of fused-ring (bicyclic) bond motifs is 3. The molecule has 3 aliphatic rings. The standard InChI is InChI=1S/C33H44N4O2/c1-23-34-29-11-7-8-12-30(29)37(23)28-21-26-13-14-27(22-28)36(26)20-19-33(24-9-5-4-6-10-24)17-15-25(16-18-33)35-31(38)32(2,3)39/h4-12,25-28,39H,13-22H2,1-3H3,(H,35,38). The van der Waals surface area contributed by atoms with Gasteiger partial charge in [0.25, 0.3) is 5.91 Å². The van der Waals surface area contributed by atoms with Crippen LogP contribution in [0.4, 0.5) is 0 Å². The van der Waals surface area contributed by atoms with E-state index in [0.29, 0.717) is 18.1 Å². The van der Waals surface area contributed by atoms with Crippen LogP contribution in [0.25, 0.3) is 11.0 Å². The summed E-state index contributed by atoms with van der Waals surface area (Å²) < 4.78 is 2.52. The molecule has 2 bridgehead atoms. The van der Waals surface area contributed by atoms with Gasteiger partial charge in [0.2, 0.25) is 0 Å². The van der Waals surface area contributed by atoms with Gasteiger partial charge in [-0.3, -0.25) is 9.69 Å². The highest BCUT2D eigenvalue weighted by atomic mass is 16.3. The average molecular weight is 529 g/mol. The molecule has 0 spiro atoms. The topological polar surface area (TPSA) is 70.4 Å². The third-order valence-corrected chi connectivity index (χ3v) is 10.1. The van der Waals surface area contributed by atoms with E-state index in [0.717, 1.165) is 50.0 Å². The highest BCUT2D eigenvalue weighted by Gasteiger charge is 2.44. The lowest BCUT2D eigenvalue weighted by Crippen LogP contribution is -2.50. The second kappa shape index (κ2) is 10.4. The molecule has 2 N–H and O–H groups in total. The first-order valence-corrected chi connectivity index (χ1v) is 15.0. The number of carbonyl (C=O) groups is 1. The van der Waals surface area contributed by atoms with Gasteiger partial charge in [-0.15, -0.1) is 0 Å². The molecule has 3 heterocycles. The van der Waals surface area contributed by atoms with Gasteiger partial charge in [0.15, 0.2) is 0 Å². The first kappa shape index (κ1) is 26.5. The van der Waals surface area contributed by atoms with Crippen LogP contribution >= 0.6 is 0 Å². The molecule has 3 fully saturated rings. The molecule has 1 aliphatic carbocycles. The Kier molecular flexibility index (Phi) is 7.05. The number of nitrogens with one attached hydrogen (secondary N) is 1. The zero-order valence-electron chi connectivity index (χ0n) is 23.8. The third kappa shape index (κ3) is 5.14. The predicted octanol–water partition coefficient (Wildman–Crippen LogP) is 5.67. The smallest absolute Gasteiger partial charge is 0.251 e. The lowest BCUT2D eigenvalue weighted by atomic mass is 9.66. The van der Waals surface area contributed by atoms with Crippen molar-refractivity contribution >= 4 is 16.9 Å². The number of amides is 1. The van der Waals surface area contributed by atoms with Crippen molar-refractivity contribution in [2.24, 2.45) is 0 Å². The number of para-hydroxylation sites is 2. The number of piperidine rings is 1. The van der Waals surface area contributed by atoms with E-state index in [1.165, 1.54) is 36.8 Å². The number of rotatable bonds is 7.